The normalized spacial score (nSPS) is 26.9. The molecule has 5 nitrogen and oxygen atoms in total. The third-order valence-corrected chi connectivity index (χ3v) is 7.74. The molecule has 1 amide bonds. The summed E-state index contributed by atoms with van der Waals surface area (Å²) in [4.78, 5) is 24.1. The number of carbonyl (C=O) groups excluding carboxylic acids is 2. The molecule has 0 bridgehead atoms. The van der Waals surface area contributed by atoms with Crippen molar-refractivity contribution in [3.8, 4) is 0 Å². The maximum absolute atomic E-state index is 12.8. The Hall–Kier alpha value is -1.21. The number of carbonyl (C=O) groups is 2. The van der Waals surface area contributed by atoms with Crippen molar-refractivity contribution < 1.29 is 18.0 Å². The minimum atomic E-state index is -4.01. The number of rotatable bonds is 2. The maximum atomic E-state index is 12.8. The molecule has 0 spiro atoms. The molecule has 1 atom stereocenters. The first-order valence-corrected chi connectivity index (χ1v) is 8.58. The number of likely N-dealkylation sites (N-methyl/N-ethyl adjacent to an activating group) is 1. The van der Waals surface area contributed by atoms with Gasteiger partial charge >= 0.3 is 0 Å². The fourth-order valence-corrected chi connectivity index (χ4v) is 4.96. The van der Waals surface area contributed by atoms with Gasteiger partial charge in [-0.25, -0.2) is 8.42 Å². The summed E-state index contributed by atoms with van der Waals surface area (Å²) >= 11 is 3.26. The Morgan fingerprint density at radius 1 is 1.14 bits per heavy atom. The number of hydrogen-bond donors (Lipinski definition) is 0. The summed E-state index contributed by atoms with van der Waals surface area (Å²) in [6.45, 7) is 3.96. The van der Waals surface area contributed by atoms with E-state index < -0.39 is 31.1 Å². The van der Waals surface area contributed by atoms with E-state index >= 15 is 0 Å². The van der Waals surface area contributed by atoms with Gasteiger partial charge in [-0.2, -0.15) is 0 Å². The average Bonchev–Trinajstić information content (AvgIpc) is 2.51. The van der Waals surface area contributed by atoms with E-state index in [0.717, 1.165) is 9.37 Å². The smallest absolute Gasteiger partial charge is 0.244 e. The molecule has 1 aliphatic rings. The monoisotopic (exact) mass is 373 g/mol. The Morgan fingerprint density at radius 3 is 2.00 bits per heavy atom. The molecule has 1 fully saturated rings. The van der Waals surface area contributed by atoms with Crippen LogP contribution in [0.3, 0.4) is 0 Å². The van der Waals surface area contributed by atoms with E-state index in [2.05, 4.69) is 15.9 Å². The minimum Gasteiger partial charge on any atom is -0.319 e. The fourth-order valence-electron chi connectivity index (χ4n) is 2.53. The molecule has 1 unspecified atom stereocenters. The Morgan fingerprint density at radius 2 is 1.62 bits per heavy atom. The van der Waals surface area contributed by atoms with E-state index in [4.69, 9.17) is 0 Å². The van der Waals surface area contributed by atoms with Crippen molar-refractivity contribution in [2.75, 3.05) is 7.05 Å². The molecular weight excluding hydrogens is 358 g/mol. The zero-order valence-corrected chi connectivity index (χ0v) is 14.6. The first-order valence-electron chi connectivity index (χ1n) is 6.30. The fraction of sp³-hybridized carbons (Fsp3) is 0.429. The Balaban J connectivity index is 2.63. The van der Waals surface area contributed by atoms with Gasteiger partial charge in [0.1, 0.15) is 4.75 Å². The molecule has 1 aliphatic heterocycles. The van der Waals surface area contributed by atoms with Crippen LogP contribution in [0.25, 0.3) is 0 Å². The molecule has 1 saturated heterocycles. The van der Waals surface area contributed by atoms with E-state index in [-0.39, 0.29) is 5.56 Å². The number of sulfone groups is 1. The van der Waals surface area contributed by atoms with Crippen LogP contribution in [0.4, 0.5) is 0 Å². The van der Waals surface area contributed by atoms with Gasteiger partial charge in [-0.3, -0.25) is 9.59 Å². The van der Waals surface area contributed by atoms with E-state index in [1.807, 2.05) is 0 Å². The van der Waals surface area contributed by atoms with Gasteiger partial charge in [0.05, 0.1) is 0 Å². The highest BCUT2D eigenvalue weighted by molar-refractivity contribution is 9.10. The van der Waals surface area contributed by atoms with Crippen molar-refractivity contribution in [1.29, 1.82) is 0 Å². The second kappa shape index (κ2) is 4.64. The van der Waals surface area contributed by atoms with E-state index in [1.165, 1.54) is 40.0 Å². The molecular formula is C14H16BrNO4S. The van der Waals surface area contributed by atoms with E-state index in [1.54, 1.807) is 12.1 Å². The van der Waals surface area contributed by atoms with Gasteiger partial charge in [0.25, 0.3) is 0 Å². The van der Waals surface area contributed by atoms with Crippen molar-refractivity contribution >= 4 is 37.5 Å². The lowest BCUT2D eigenvalue weighted by Gasteiger charge is -2.29. The number of Topliss-reactive ketones (excluding diaryl/α,β-unsaturated/α-hetero) is 1. The van der Waals surface area contributed by atoms with Gasteiger partial charge in [-0.1, -0.05) is 28.1 Å². The lowest BCUT2D eigenvalue weighted by molar-refractivity contribution is -0.131. The van der Waals surface area contributed by atoms with Gasteiger partial charge in [-0.05, 0) is 32.9 Å². The molecule has 2 rings (SSSR count). The third kappa shape index (κ3) is 1.90. The molecule has 1 heterocycles. The Labute approximate surface area is 132 Å². The van der Waals surface area contributed by atoms with Gasteiger partial charge in [0.2, 0.25) is 16.6 Å². The van der Waals surface area contributed by atoms with Crippen LogP contribution in [0.1, 0.15) is 31.1 Å². The summed E-state index contributed by atoms with van der Waals surface area (Å²) in [6, 6.07) is 6.39. The van der Waals surface area contributed by atoms with E-state index in [9.17, 15) is 18.0 Å². The quantitative estimate of drug-likeness (QED) is 0.743. The number of amides is 1. The molecule has 7 heteroatoms. The molecule has 0 aromatic heterocycles. The van der Waals surface area contributed by atoms with Crippen LogP contribution >= 0.6 is 15.9 Å². The predicted octanol–water partition coefficient (Wildman–Crippen LogP) is 2.01. The van der Waals surface area contributed by atoms with Crippen LogP contribution in [0, 0.1) is 0 Å². The second-order valence-electron chi connectivity index (χ2n) is 5.70. The molecule has 1 aromatic carbocycles. The van der Waals surface area contributed by atoms with Crippen molar-refractivity contribution in [1.82, 2.24) is 4.90 Å². The predicted molar refractivity (Wildman–Crippen MR) is 82.6 cm³/mol. The number of benzene rings is 1. The molecule has 0 aliphatic carbocycles. The van der Waals surface area contributed by atoms with Crippen LogP contribution in [0.5, 0.6) is 0 Å². The number of hydrogen-bond acceptors (Lipinski definition) is 4. The van der Waals surface area contributed by atoms with E-state index in [0.29, 0.717) is 0 Å². The van der Waals surface area contributed by atoms with Crippen LogP contribution in [0.15, 0.2) is 28.7 Å². The first-order chi connectivity index (χ1) is 9.48. The van der Waals surface area contributed by atoms with Gasteiger partial charge in [0, 0.05) is 17.1 Å². The Bertz CT molecular complexity index is 724. The molecule has 1 aromatic rings. The van der Waals surface area contributed by atoms with Gasteiger partial charge in [-0.15, -0.1) is 0 Å². The summed E-state index contributed by atoms with van der Waals surface area (Å²) in [5.41, 5.74) is 0.252. The highest BCUT2D eigenvalue weighted by atomic mass is 79.9. The van der Waals surface area contributed by atoms with Crippen molar-refractivity contribution in [3.05, 3.63) is 34.3 Å². The average molecular weight is 374 g/mol. The second-order valence-corrected chi connectivity index (χ2v) is 9.43. The highest BCUT2D eigenvalue weighted by Gasteiger charge is 2.67. The van der Waals surface area contributed by atoms with Crippen LogP contribution in [-0.4, -0.2) is 41.7 Å². The summed E-state index contributed by atoms with van der Waals surface area (Å²) in [5, 5.41) is 0. The summed E-state index contributed by atoms with van der Waals surface area (Å²) in [5.74, 6) is -1.17. The van der Waals surface area contributed by atoms with Gasteiger partial charge in [0.15, 0.2) is 9.84 Å². The first kappa shape index (κ1) is 16.2. The highest BCUT2D eigenvalue weighted by Crippen LogP contribution is 2.42. The lowest BCUT2D eigenvalue weighted by Crippen LogP contribution is -2.51. The van der Waals surface area contributed by atoms with Crippen molar-refractivity contribution in [2.45, 2.75) is 30.4 Å². The summed E-state index contributed by atoms with van der Waals surface area (Å²) < 4.78 is 24.7. The van der Waals surface area contributed by atoms with Crippen LogP contribution in [0.2, 0.25) is 0 Å². The number of ketones is 1. The van der Waals surface area contributed by atoms with Crippen LogP contribution < -0.4 is 0 Å². The largest absolute Gasteiger partial charge is 0.319 e. The molecule has 0 saturated carbocycles. The topological polar surface area (TPSA) is 71.5 Å². The summed E-state index contributed by atoms with van der Waals surface area (Å²) in [6.07, 6.45) is 0. The van der Waals surface area contributed by atoms with Gasteiger partial charge < -0.3 is 4.90 Å². The Kier molecular flexibility index (Phi) is 3.57. The zero-order valence-electron chi connectivity index (χ0n) is 12.2. The minimum absolute atomic E-state index is 0.252. The SMILES string of the molecule is CN1C(=O)C(C)(C)S(=O)(=O)C1(C)C(=O)c1ccc(Br)cc1. The van der Waals surface area contributed by atoms with Crippen molar-refractivity contribution in [3.63, 3.8) is 0 Å². The summed E-state index contributed by atoms with van der Waals surface area (Å²) in [7, 11) is -2.65. The molecule has 114 valence electrons. The number of nitrogens with zero attached hydrogens (tertiary/aromatic N) is 1. The lowest BCUT2D eigenvalue weighted by atomic mass is 10.0. The van der Waals surface area contributed by atoms with Crippen LogP contribution in [-0.2, 0) is 14.6 Å². The van der Waals surface area contributed by atoms with Crippen molar-refractivity contribution in [2.24, 2.45) is 0 Å². The number of halogens is 1. The zero-order chi connectivity index (χ0) is 16.2. The molecule has 0 radical (unpaired) electrons. The third-order valence-electron chi connectivity index (χ3n) is 4.18. The maximum Gasteiger partial charge on any atom is 0.244 e. The molecule has 0 N–H and O–H groups in total. The standard InChI is InChI=1S/C14H16BrNO4S/c1-13(2)12(18)16(4)14(3,21(13,19)20)11(17)9-5-7-10(15)8-6-9/h5-8H,1-4H3. The molecule has 21 heavy (non-hydrogen) atoms.